The lowest BCUT2D eigenvalue weighted by molar-refractivity contribution is 0.415. The highest BCUT2D eigenvalue weighted by atomic mass is 32.2. The average molecular weight is 350 g/mol. The maximum absolute atomic E-state index is 10.9. The predicted octanol–water partition coefficient (Wildman–Crippen LogP) is 0.915. The Morgan fingerprint density at radius 1 is 1.12 bits per heavy atom. The van der Waals surface area contributed by atoms with Crippen LogP contribution >= 0.6 is 0 Å². The number of benzene rings is 2. The first-order valence-corrected chi connectivity index (χ1v) is 8.23. The molecule has 0 bridgehead atoms. The molecule has 8 nitrogen and oxygen atoms in total. The number of hydrazine groups is 1. The predicted molar refractivity (Wildman–Crippen MR) is 92.0 cm³/mol. The summed E-state index contributed by atoms with van der Waals surface area (Å²) in [5, 5.41) is 6.15. The molecule has 0 atom stereocenters. The van der Waals surface area contributed by atoms with Crippen LogP contribution in [0.2, 0.25) is 0 Å². The Hall–Kier alpha value is -2.75. The minimum Gasteiger partial charge on any atom is -0.497 e. The lowest BCUT2D eigenvalue weighted by Crippen LogP contribution is -2.25. The number of nitrogens with two attached hydrogens (primary N) is 3. The van der Waals surface area contributed by atoms with Crippen LogP contribution in [-0.2, 0) is 10.3 Å². The Bertz CT molecular complexity index is 835. The van der Waals surface area contributed by atoms with Crippen molar-refractivity contribution in [3.8, 4) is 11.5 Å². The van der Waals surface area contributed by atoms with E-state index in [9.17, 15) is 8.42 Å². The summed E-state index contributed by atoms with van der Waals surface area (Å²) in [5.41, 5.74) is 7.70. The highest BCUT2D eigenvalue weighted by molar-refractivity contribution is 7.84. The first-order chi connectivity index (χ1) is 11.3. The molecular weight excluding hydrogens is 332 g/mol. The smallest absolute Gasteiger partial charge is 0.380 e. The van der Waals surface area contributed by atoms with E-state index < -0.39 is 10.3 Å². The number of hydrogen-bond donors (Lipinski definition) is 3. The highest BCUT2D eigenvalue weighted by Gasteiger charge is 2.06. The van der Waals surface area contributed by atoms with Gasteiger partial charge in [0, 0.05) is 12.3 Å². The zero-order chi connectivity index (χ0) is 17.7. The van der Waals surface area contributed by atoms with Gasteiger partial charge < -0.3 is 14.7 Å². The van der Waals surface area contributed by atoms with Crippen LogP contribution in [0, 0.1) is 0 Å². The minimum absolute atomic E-state index is 0.0893. The third-order valence-corrected chi connectivity index (χ3v) is 3.45. The minimum atomic E-state index is -4.06. The fourth-order valence-electron chi connectivity index (χ4n) is 1.91. The summed E-state index contributed by atoms with van der Waals surface area (Å²) in [4.78, 5) is 0. The fourth-order valence-corrected chi connectivity index (χ4v) is 2.29. The Balaban J connectivity index is 2.17. The van der Waals surface area contributed by atoms with Crippen molar-refractivity contribution in [2.75, 3.05) is 12.1 Å². The van der Waals surface area contributed by atoms with E-state index in [1.807, 2.05) is 0 Å². The number of hydrogen-bond acceptors (Lipinski definition) is 7. The van der Waals surface area contributed by atoms with Crippen LogP contribution in [0.25, 0.3) is 5.70 Å². The van der Waals surface area contributed by atoms with Gasteiger partial charge in [-0.2, -0.15) is 13.6 Å². The van der Waals surface area contributed by atoms with Gasteiger partial charge in [-0.3, -0.25) is 5.01 Å². The summed E-state index contributed by atoms with van der Waals surface area (Å²) < 4.78 is 31.4. The van der Waals surface area contributed by atoms with Crippen molar-refractivity contribution in [1.29, 1.82) is 0 Å². The van der Waals surface area contributed by atoms with Gasteiger partial charge in [0.1, 0.15) is 11.5 Å². The van der Waals surface area contributed by atoms with Crippen molar-refractivity contribution in [1.82, 2.24) is 0 Å². The third-order valence-electron chi connectivity index (χ3n) is 3.03. The molecule has 0 spiro atoms. The van der Waals surface area contributed by atoms with Gasteiger partial charge in [0.2, 0.25) is 0 Å². The van der Waals surface area contributed by atoms with Gasteiger partial charge in [-0.1, -0.05) is 6.07 Å². The number of nitrogens with zero attached hydrogens (tertiary/aromatic N) is 1. The van der Waals surface area contributed by atoms with Crippen LogP contribution in [0.1, 0.15) is 5.56 Å². The van der Waals surface area contributed by atoms with E-state index in [0.717, 1.165) is 0 Å². The first-order valence-electron chi connectivity index (χ1n) is 6.76. The Labute approximate surface area is 140 Å². The summed E-state index contributed by atoms with van der Waals surface area (Å²) >= 11 is 0. The monoisotopic (exact) mass is 350 g/mol. The van der Waals surface area contributed by atoms with Crippen molar-refractivity contribution in [3.63, 3.8) is 0 Å². The molecule has 0 amide bonds. The summed E-state index contributed by atoms with van der Waals surface area (Å²) in [5.74, 6) is 6.73. The highest BCUT2D eigenvalue weighted by Crippen LogP contribution is 2.21. The van der Waals surface area contributed by atoms with Gasteiger partial charge in [-0.05, 0) is 42.0 Å². The second-order valence-electron chi connectivity index (χ2n) is 4.79. The van der Waals surface area contributed by atoms with E-state index in [4.69, 9.17) is 21.5 Å². The van der Waals surface area contributed by atoms with Crippen LogP contribution in [-0.4, -0.2) is 15.5 Å². The number of rotatable bonds is 6. The molecule has 0 fully saturated rings. The topological polar surface area (TPSA) is 134 Å². The number of anilines is 1. The molecule has 24 heavy (non-hydrogen) atoms. The molecule has 0 radical (unpaired) electrons. The molecule has 0 aliphatic rings. The molecule has 0 saturated carbocycles. The molecule has 6 N–H and O–H groups in total. The third kappa shape index (κ3) is 4.88. The van der Waals surface area contributed by atoms with Crippen LogP contribution in [0.3, 0.4) is 0 Å². The molecule has 0 heterocycles. The largest absolute Gasteiger partial charge is 0.497 e. The molecule has 0 aliphatic heterocycles. The number of ether oxygens (including phenoxy) is 1. The van der Waals surface area contributed by atoms with Gasteiger partial charge in [-0.15, -0.1) is 0 Å². The lowest BCUT2D eigenvalue weighted by Gasteiger charge is -2.16. The van der Waals surface area contributed by atoms with Crippen molar-refractivity contribution in [2.24, 2.45) is 16.7 Å². The molecule has 2 rings (SSSR count). The van der Waals surface area contributed by atoms with Crippen LogP contribution < -0.4 is 30.6 Å². The zero-order valence-electron chi connectivity index (χ0n) is 12.9. The fraction of sp³-hybridized carbons (Fsp3) is 0.0667. The molecule has 128 valence electrons. The van der Waals surface area contributed by atoms with E-state index in [1.54, 1.807) is 43.5 Å². The van der Waals surface area contributed by atoms with E-state index in [-0.39, 0.29) is 5.75 Å². The molecule has 0 aromatic heterocycles. The Morgan fingerprint density at radius 3 is 2.38 bits per heavy atom. The normalized spacial score (nSPS) is 11.9. The Morgan fingerprint density at radius 2 is 1.79 bits per heavy atom. The summed E-state index contributed by atoms with van der Waals surface area (Å²) in [6.07, 6.45) is 1.53. The SMILES string of the molecule is COc1cccc(N(N)/C=C(\N)c2ccc(OS(N)(=O)=O)cc2)c1. The van der Waals surface area contributed by atoms with Gasteiger partial charge in [0.15, 0.2) is 0 Å². The van der Waals surface area contributed by atoms with Crippen LogP contribution in [0.5, 0.6) is 11.5 Å². The molecule has 0 unspecified atom stereocenters. The molecule has 0 saturated heterocycles. The Kier molecular flexibility index (Phi) is 5.29. The quantitative estimate of drug-likeness (QED) is 0.521. The van der Waals surface area contributed by atoms with Gasteiger partial charge in [-0.25, -0.2) is 5.84 Å². The summed E-state index contributed by atoms with van der Waals surface area (Å²) in [6.45, 7) is 0. The van der Waals surface area contributed by atoms with Gasteiger partial charge in [0.05, 0.1) is 18.5 Å². The molecule has 0 aliphatic carbocycles. The van der Waals surface area contributed by atoms with Crippen molar-refractivity contribution >= 4 is 21.7 Å². The molecular formula is C15H18N4O4S. The van der Waals surface area contributed by atoms with Crippen LogP contribution in [0.15, 0.2) is 54.7 Å². The van der Waals surface area contributed by atoms with E-state index in [2.05, 4.69) is 4.18 Å². The van der Waals surface area contributed by atoms with Crippen molar-refractivity contribution < 1.29 is 17.3 Å². The van der Waals surface area contributed by atoms with Crippen molar-refractivity contribution in [2.45, 2.75) is 0 Å². The van der Waals surface area contributed by atoms with Gasteiger partial charge >= 0.3 is 10.3 Å². The molecule has 2 aromatic rings. The maximum Gasteiger partial charge on any atom is 0.380 e. The van der Waals surface area contributed by atoms with E-state index in [0.29, 0.717) is 22.7 Å². The molecule has 2 aromatic carbocycles. The van der Waals surface area contributed by atoms with E-state index in [1.165, 1.54) is 23.3 Å². The average Bonchev–Trinajstić information content (AvgIpc) is 2.54. The second-order valence-corrected chi connectivity index (χ2v) is 5.95. The first kappa shape index (κ1) is 17.6. The lowest BCUT2D eigenvalue weighted by atomic mass is 10.1. The molecule has 9 heteroatoms. The number of methoxy groups -OCH3 is 1. The van der Waals surface area contributed by atoms with Gasteiger partial charge in [0.25, 0.3) is 0 Å². The van der Waals surface area contributed by atoms with Crippen LogP contribution in [0.4, 0.5) is 5.69 Å². The second kappa shape index (κ2) is 7.21. The summed E-state index contributed by atoms with van der Waals surface area (Å²) in [7, 11) is -2.49. The van der Waals surface area contributed by atoms with Crippen molar-refractivity contribution in [3.05, 3.63) is 60.3 Å². The van der Waals surface area contributed by atoms with E-state index >= 15 is 0 Å². The standard InChI is InChI=1S/C15H18N4O4S/c1-22-14-4-2-3-12(9-14)19(17)10-15(16)11-5-7-13(8-6-11)23-24(18,20)21/h2-10H,16-17H2,1H3,(H2,18,20,21)/b15-10-. The summed E-state index contributed by atoms with van der Waals surface area (Å²) in [6, 6.07) is 13.2. The zero-order valence-corrected chi connectivity index (χ0v) is 13.7. The maximum atomic E-state index is 10.9.